The Labute approximate surface area is 73.4 Å². The summed E-state index contributed by atoms with van der Waals surface area (Å²) in [6.07, 6.45) is 3.08. The molecule has 1 aliphatic rings. The number of hydrogen-bond acceptors (Lipinski definition) is 1. The van der Waals surface area contributed by atoms with Gasteiger partial charge in [-0.15, -0.1) is 0 Å². The second kappa shape index (κ2) is 3.18. The summed E-state index contributed by atoms with van der Waals surface area (Å²) in [5.41, 5.74) is 2.69. The summed E-state index contributed by atoms with van der Waals surface area (Å²) in [5, 5.41) is 0. The van der Waals surface area contributed by atoms with Crippen LogP contribution in [-0.2, 0) is 12.8 Å². The van der Waals surface area contributed by atoms with Crippen LogP contribution in [0.25, 0.3) is 0 Å². The summed E-state index contributed by atoms with van der Waals surface area (Å²) < 4.78 is 5.47. The van der Waals surface area contributed by atoms with Gasteiger partial charge in [0.25, 0.3) is 0 Å². The third-order valence-corrected chi connectivity index (χ3v) is 2.23. The molecule has 0 fully saturated rings. The lowest BCUT2D eigenvalue weighted by Gasteiger charge is -2.02. The summed E-state index contributed by atoms with van der Waals surface area (Å²) in [7, 11) is 0. The molecule has 0 aromatic heterocycles. The molecule has 1 aromatic carbocycles. The van der Waals surface area contributed by atoms with Crippen molar-refractivity contribution in [3.05, 3.63) is 36.2 Å². The van der Waals surface area contributed by atoms with Crippen molar-refractivity contribution in [2.24, 2.45) is 0 Å². The fraction of sp³-hybridized carbons (Fsp3) is 0.364. The van der Waals surface area contributed by atoms with E-state index in [0.29, 0.717) is 0 Å². The van der Waals surface area contributed by atoms with E-state index in [9.17, 15) is 0 Å². The molecule has 0 spiro atoms. The van der Waals surface area contributed by atoms with Crippen LogP contribution in [0.3, 0.4) is 0 Å². The topological polar surface area (TPSA) is 9.23 Å². The summed E-state index contributed by atoms with van der Waals surface area (Å²) in [6.45, 7) is 4.68. The van der Waals surface area contributed by atoms with E-state index in [1.807, 2.05) is 0 Å². The first-order valence-electron chi connectivity index (χ1n) is 4.44. The van der Waals surface area contributed by atoms with Gasteiger partial charge in [0.2, 0.25) is 0 Å². The van der Waals surface area contributed by atoms with Gasteiger partial charge in [0.05, 0.1) is 6.61 Å². The molecule has 2 rings (SSSR count). The van der Waals surface area contributed by atoms with Gasteiger partial charge in [-0.05, 0) is 30.0 Å². The number of benzene rings is 1. The number of aryl methyl sites for hydroxylation is 1. The molecule has 0 amide bonds. The predicted octanol–water partition coefficient (Wildman–Crippen LogP) is 2.39. The van der Waals surface area contributed by atoms with Crippen molar-refractivity contribution < 1.29 is 4.74 Å². The smallest absolute Gasteiger partial charge is 0.122 e. The van der Waals surface area contributed by atoms with Gasteiger partial charge in [-0.2, -0.15) is 0 Å². The molecule has 1 aromatic rings. The Morgan fingerprint density at radius 2 is 2.33 bits per heavy atom. The second-order valence-electron chi connectivity index (χ2n) is 3.14. The highest BCUT2D eigenvalue weighted by Crippen LogP contribution is 2.26. The third kappa shape index (κ3) is 1.31. The van der Waals surface area contributed by atoms with Crippen LogP contribution in [0.5, 0.6) is 5.75 Å². The Morgan fingerprint density at radius 1 is 1.42 bits per heavy atom. The van der Waals surface area contributed by atoms with E-state index >= 15 is 0 Å². The van der Waals surface area contributed by atoms with Gasteiger partial charge in [-0.25, -0.2) is 0 Å². The van der Waals surface area contributed by atoms with E-state index < -0.39 is 0 Å². The third-order valence-electron chi connectivity index (χ3n) is 2.23. The predicted molar refractivity (Wildman–Crippen MR) is 49.3 cm³/mol. The second-order valence-corrected chi connectivity index (χ2v) is 3.14. The Morgan fingerprint density at radius 3 is 3.17 bits per heavy atom. The monoisotopic (exact) mass is 161 g/mol. The normalized spacial score (nSPS) is 14.1. The van der Waals surface area contributed by atoms with Gasteiger partial charge in [0, 0.05) is 6.42 Å². The minimum absolute atomic E-state index is 0.850. The van der Waals surface area contributed by atoms with Crippen molar-refractivity contribution >= 4 is 0 Å². The highest BCUT2D eigenvalue weighted by atomic mass is 16.5. The molecular weight excluding hydrogens is 148 g/mol. The molecule has 0 bridgehead atoms. The lowest BCUT2D eigenvalue weighted by atomic mass is 10.1. The van der Waals surface area contributed by atoms with Crippen molar-refractivity contribution in [2.75, 3.05) is 6.61 Å². The molecule has 1 heterocycles. The number of rotatable bonds is 2. The van der Waals surface area contributed by atoms with Crippen molar-refractivity contribution in [3.63, 3.8) is 0 Å². The Hall–Kier alpha value is -0.980. The first-order chi connectivity index (χ1) is 5.90. The molecule has 1 nitrogen and oxygen atoms in total. The van der Waals surface area contributed by atoms with Gasteiger partial charge in [0.1, 0.15) is 5.75 Å². The zero-order chi connectivity index (χ0) is 8.39. The molecule has 1 aliphatic heterocycles. The maximum absolute atomic E-state index is 5.47. The largest absolute Gasteiger partial charge is 0.493 e. The number of fused-ring (bicyclic) bond motifs is 1. The van der Waals surface area contributed by atoms with E-state index in [0.717, 1.165) is 31.6 Å². The summed E-state index contributed by atoms with van der Waals surface area (Å²) in [6, 6.07) is 6.50. The van der Waals surface area contributed by atoms with Gasteiger partial charge in [0.15, 0.2) is 0 Å². The maximum atomic E-state index is 5.47. The average molecular weight is 161 g/mol. The van der Waals surface area contributed by atoms with Crippen molar-refractivity contribution in [3.8, 4) is 5.75 Å². The van der Waals surface area contributed by atoms with Gasteiger partial charge in [-0.3, -0.25) is 0 Å². The molecule has 0 N–H and O–H groups in total. The van der Waals surface area contributed by atoms with Crippen LogP contribution in [0.4, 0.5) is 0 Å². The highest BCUT2D eigenvalue weighted by Gasteiger charge is 2.11. The molecule has 0 saturated heterocycles. The fourth-order valence-electron chi connectivity index (χ4n) is 1.57. The van der Waals surface area contributed by atoms with Crippen molar-refractivity contribution in [2.45, 2.75) is 19.3 Å². The van der Waals surface area contributed by atoms with E-state index in [2.05, 4.69) is 25.1 Å². The van der Waals surface area contributed by atoms with Crippen molar-refractivity contribution in [1.29, 1.82) is 0 Å². The molecule has 0 atom stereocenters. The van der Waals surface area contributed by atoms with Crippen LogP contribution < -0.4 is 4.74 Å². The Kier molecular flexibility index (Phi) is 2.03. The lowest BCUT2D eigenvalue weighted by molar-refractivity contribution is 0.356. The van der Waals surface area contributed by atoms with Crippen LogP contribution >= 0.6 is 0 Å². The first kappa shape index (κ1) is 7.66. The molecular formula is C11H13O. The molecule has 0 aliphatic carbocycles. The molecule has 0 unspecified atom stereocenters. The minimum atomic E-state index is 0.850. The molecule has 0 saturated carbocycles. The van der Waals surface area contributed by atoms with E-state index in [1.165, 1.54) is 11.1 Å². The number of hydrogen-bond donors (Lipinski definition) is 0. The van der Waals surface area contributed by atoms with Crippen LogP contribution in [0.2, 0.25) is 0 Å². The standard InChI is InChI=1S/C11H13O/c1-2-3-9-4-5-10-6-7-12-11(10)8-9/h4-5,8H,1-3,6-7H2. The van der Waals surface area contributed by atoms with Crippen LogP contribution in [-0.4, -0.2) is 6.61 Å². The molecule has 63 valence electrons. The molecule has 1 radical (unpaired) electrons. The summed E-state index contributed by atoms with van der Waals surface area (Å²) >= 11 is 0. The van der Waals surface area contributed by atoms with Crippen LogP contribution in [0.15, 0.2) is 18.2 Å². The summed E-state index contributed by atoms with van der Waals surface area (Å²) in [5.74, 6) is 1.08. The number of ether oxygens (including phenoxy) is 1. The zero-order valence-corrected chi connectivity index (χ0v) is 7.18. The fourth-order valence-corrected chi connectivity index (χ4v) is 1.57. The zero-order valence-electron chi connectivity index (χ0n) is 7.18. The van der Waals surface area contributed by atoms with Gasteiger partial charge < -0.3 is 4.74 Å². The quantitative estimate of drug-likeness (QED) is 0.647. The first-order valence-corrected chi connectivity index (χ1v) is 4.44. The summed E-state index contributed by atoms with van der Waals surface area (Å²) in [4.78, 5) is 0. The van der Waals surface area contributed by atoms with Crippen LogP contribution in [0.1, 0.15) is 17.5 Å². The Bertz CT molecular complexity index is 278. The lowest BCUT2D eigenvalue weighted by Crippen LogP contribution is -1.87. The Balaban J connectivity index is 2.26. The van der Waals surface area contributed by atoms with E-state index in [-0.39, 0.29) is 0 Å². The van der Waals surface area contributed by atoms with Crippen LogP contribution in [0, 0.1) is 6.92 Å². The molecule has 12 heavy (non-hydrogen) atoms. The average Bonchev–Trinajstić information content (AvgIpc) is 2.51. The van der Waals surface area contributed by atoms with E-state index in [4.69, 9.17) is 4.74 Å². The van der Waals surface area contributed by atoms with Gasteiger partial charge >= 0.3 is 0 Å². The van der Waals surface area contributed by atoms with Gasteiger partial charge in [-0.1, -0.05) is 19.1 Å². The highest BCUT2D eigenvalue weighted by molar-refractivity contribution is 5.40. The van der Waals surface area contributed by atoms with Crippen molar-refractivity contribution in [1.82, 2.24) is 0 Å². The SMILES string of the molecule is [CH2]CCc1ccc2c(c1)OCC2. The molecule has 1 heteroatoms. The minimum Gasteiger partial charge on any atom is -0.493 e. The maximum Gasteiger partial charge on any atom is 0.122 e. The van der Waals surface area contributed by atoms with E-state index in [1.54, 1.807) is 0 Å².